The van der Waals surface area contributed by atoms with Crippen LogP contribution in [0.5, 0.6) is 0 Å². The van der Waals surface area contributed by atoms with Crippen LogP contribution in [0.4, 0.5) is 0 Å². The molecule has 2 atom stereocenters. The zero-order valence-electron chi connectivity index (χ0n) is 12.6. The van der Waals surface area contributed by atoms with Crippen LogP contribution in [-0.4, -0.2) is 23.9 Å². The lowest BCUT2D eigenvalue weighted by atomic mass is 9.94. The van der Waals surface area contributed by atoms with Crippen LogP contribution >= 0.6 is 0 Å². The molecule has 1 fully saturated rings. The first-order valence-electron chi connectivity index (χ1n) is 7.64. The number of nitrogens with two attached hydrogens (primary N) is 1. The third-order valence-electron chi connectivity index (χ3n) is 4.27. The normalized spacial score (nSPS) is 23.1. The summed E-state index contributed by atoms with van der Waals surface area (Å²) in [6, 6.07) is 8.36. The van der Waals surface area contributed by atoms with E-state index in [4.69, 9.17) is 5.73 Å². The van der Waals surface area contributed by atoms with E-state index in [1.165, 1.54) is 17.5 Å². The molecule has 110 valence electrons. The molecule has 0 saturated heterocycles. The summed E-state index contributed by atoms with van der Waals surface area (Å²) in [6.45, 7) is 2.75. The second kappa shape index (κ2) is 6.89. The molecule has 2 rings (SSSR count). The summed E-state index contributed by atoms with van der Waals surface area (Å²) in [5.41, 5.74) is 8.60. The maximum absolute atomic E-state index is 12.6. The Balaban J connectivity index is 2.00. The molecule has 20 heavy (non-hydrogen) atoms. The summed E-state index contributed by atoms with van der Waals surface area (Å²) in [4.78, 5) is 14.4. The van der Waals surface area contributed by atoms with E-state index in [0.29, 0.717) is 6.54 Å². The molecule has 1 saturated carbocycles. The SMILES string of the molecule is Cc1cccc(CN(C)C(=O)C2CCCCCC2N)c1. The van der Waals surface area contributed by atoms with Crippen molar-refractivity contribution in [3.8, 4) is 0 Å². The minimum Gasteiger partial charge on any atom is -0.341 e. The lowest BCUT2D eigenvalue weighted by Crippen LogP contribution is -2.41. The average Bonchev–Trinajstić information content (AvgIpc) is 2.62. The second-order valence-corrected chi connectivity index (χ2v) is 6.09. The van der Waals surface area contributed by atoms with Gasteiger partial charge in [0.2, 0.25) is 5.91 Å². The Morgan fingerprint density at radius 2 is 2.05 bits per heavy atom. The van der Waals surface area contributed by atoms with Crippen LogP contribution in [0, 0.1) is 12.8 Å². The van der Waals surface area contributed by atoms with Gasteiger partial charge in [-0.05, 0) is 25.3 Å². The van der Waals surface area contributed by atoms with Crippen molar-refractivity contribution in [2.45, 2.75) is 51.6 Å². The first-order valence-corrected chi connectivity index (χ1v) is 7.64. The van der Waals surface area contributed by atoms with Crippen LogP contribution in [0.25, 0.3) is 0 Å². The van der Waals surface area contributed by atoms with E-state index in [1.807, 2.05) is 18.0 Å². The molecule has 0 aromatic heterocycles. The van der Waals surface area contributed by atoms with Crippen LogP contribution in [0.1, 0.15) is 43.2 Å². The van der Waals surface area contributed by atoms with Gasteiger partial charge in [-0.2, -0.15) is 0 Å². The summed E-state index contributed by atoms with van der Waals surface area (Å²) in [5.74, 6) is 0.216. The van der Waals surface area contributed by atoms with Crippen molar-refractivity contribution in [2.75, 3.05) is 7.05 Å². The largest absolute Gasteiger partial charge is 0.341 e. The smallest absolute Gasteiger partial charge is 0.227 e. The molecule has 1 aromatic rings. The monoisotopic (exact) mass is 274 g/mol. The van der Waals surface area contributed by atoms with Crippen LogP contribution in [0.3, 0.4) is 0 Å². The number of amides is 1. The molecular weight excluding hydrogens is 248 g/mol. The number of rotatable bonds is 3. The number of hydrogen-bond donors (Lipinski definition) is 1. The molecule has 0 aliphatic heterocycles. The number of benzene rings is 1. The van der Waals surface area contributed by atoms with E-state index in [9.17, 15) is 4.79 Å². The van der Waals surface area contributed by atoms with E-state index in [2.05, 4.69) is 25.1 Å². The molecule has 0 heterocycles. The molecule has 0 bridgehead atoms. The van der Waals surface area contributed by atoms with Crippen LogP contribution in [0.2, 0.25) is 0 Å². The van der Waals surface area contributed by atoms with Crippen molar-refractivity contribution in [3.63, 3.8) is 0 Å². The van der Waals surface area contributed by atoms with E-state index in [1.54, 1.807) is 0 Å². The predicted octanol–water partition coefficient (Wildman–Crippen LogP) is 2.86. The van der Waals surface area contributed by atoms with Gasteiger partial charge < -0.3 is 10.6 Å². The highest BCUT2D eigenvalue weighted by Gasteiger charge is 2.29. The van der Waals surface area contributed by atoms with Gasteiger partial charge in [0.25, 0.3) is 0 Å². The van der Waals surface area contributed by atoms with Gasteiger partial charge in [0.15, 0.2) is 0 Å². The minimum atomic E-state index is 0.00677. The van der Waals surface area contributed by atoms with Gasteiger partial charge >= 0.3 is 0 Å². The number of aryl methyl sites for hydroxylation is 1. The third-order valence-corrected chi connectivity index (χ3v) is 4.27. The topological polar surface area (TPSA) is 46.3 Å². The van der Waals surface area contributed by atoms with Gasteiger partial charge in [-0.1, -0.05) is 49.1 Å². The fourth-order valence-corrected chi connectivity index (χ4v) is 3.09. The number of carbonyl (C=O) groups excluding carboxylic acids is 1. The molecule has 1 aliphatic carbocycles. The van der Waals surface area contributed by atoms with Gasteiger partial charge in [-0.3, -0.25) is 4.79 Å². The van der Waals surface area contributed by atoms with E-state index >= 15 is 0 Å². The van der Waals surface area contributed by atoms with Gasteiger partial charge in [-0.25, -0.2) is 0 Å². The lowest BCUT2D eigenvalue weighted by Gasteiger charge is -2.26. The van der Waals surface area contributed by atoms with E-state index in [0.717, 1.165) is 25.7 Å². The van der Waals surface area contributed by atoms with E-state index < -0.39 is 0 Å². The molecular formula is C17H26N2O. The summed E-state index contributed by atoms with van der Waals surface area (Å²) >= 11 is 0. The molecule has 1 aromatic carbocycles. The maximum atomic E-state index is 12.6. The quantitative estimate of drug-likeness (QED) is 0.862. The Hall–Kier alpha value is -1.35. The van der Waals surface area contributed by atoms with Crippen molar-refractivity contribution in [1.29, 1.82) is 0 Å². The van der Waals surface area contributed by atoms with Gasteiger partial charge in [0.05, 0.1) is 5.92 Å². The van der Waals surface area contributed by atoms with Crippen LogP contribution in [0.15, 0.2) is 24.3 Å². The zero-order valence-corrected chi connectivity index (χ0v) is 12.6. The third kappa shape index (κ3) is 3.83. The van der Waals surface area contributed by atoms with Gasteiger partial charge in [-0.15, -0.1) is 0 Å². The average molecular weight is 274 g/mol. The lowest BCUT2D eigenvalue weighted by molar-refractivity contribution is -0.135. The van der Waals surface area contributed by atoms with Crippen molar-refractivity contribution in [3.05, 3.63) is 35.4 Å². The summed E-state index contributed by atoms with van der Waals surface area (Å²) in [7, 11) is 1.89. The molecule has 1 aliphatic rings. The van der Waals surface area contributed by atoms with Gasteiger partial charge in [0.1, 0.15) is 0 Å². The Kier molecular flexibility index (Phi) is 5.18. The van der Waals surface area contributed by atoms with Crippen molar-refractivity contribution < 1.29 is 4.79 Å². The molecule has 2 unspecified atom stereocenters. The molecule has 0 spiro atoms. The van der Waals surface area contributed by atoms with Crippen LogP contribution < -0.4 is 5.73 Å². The van der Waals surface area contributed by atoms with Crippen LogP contribution in [-0.2, 0) is 11.3 Å². The Labute approximate surface area is 122 Å². The Bertz CT molecular complexity index is 458. The fraction of sp³-hybridized carbons (Fsp3) is 0.588. The van der Waals surface area contributed by atoms with Crippen molar-refractivity contribution in [2.24, 2.45) is 11.7 Å². The zero-order chi connectivity index (χ0) is 14.5. The second-order valence-electron chi connectivity index (χ2n) is 6.09. The number of carbonyl (C=O) groups is 1. The summed E-state index contributed by atoms with van der Waals surface area (Å²) in [5, 5.41) is 0. The molecule has 2 N–H and O–H groups in total. The van der Waals surface area contributed by atoms with E-state index in [-0.39, 0.29) is 17.9 Å². The van der Waals surface area contributed by atoms with Crippen molar-refractivity contribution in [1.82, 2.24) is 4.90 Å². The standard InChI is InChI=1S/C17H26N2O/c1-13-7-6-8-14(11-13)12-19(2)17(20)15-9-4-3-5-10-16(15)18/h6-8,11,15-16H,3-5,9-10,12,18H2,1-2H3. The molecule has 3 nitrogen and oxygen atoms in total. The summed E-state index contributed by atoms with van der Waals surface area (Å²) < 4.78 is 0. The molecule has 3 heteroatoms. The summed E-state index contributed by atoms with van der Waals surface area (Å²) in [6.07, 6.45) is 5.42. The first-order chi connectivity index (χ1) is 9.58. The van der Waals surface area contributed by atoms with Crippen molar-refractivity contribution >= 4 is 5.91 Å². The minimum absolute atomic E-state index is 0.00677. The first kappa shape index (κ1) is 15.0. The molecule has 0 radical (unpaired) electrons. The predicted molar refractivity (Wildman–Crippen MR) is 82.2 cm³/mol. The Morgan fingerprint density at radius 3 is 2.80 bits per heavy atom. The Morgan fingerprint density at radius 1 is 1.30 bits per heavy atom. The highest BCUT2D eigenvalue weighted by molar-refractivity contribution is 5.79. The maximum Gasteiger partial charge on any atom is 0.227 e. The highest BCUT2D eigenvalue weighted by Crippen LogP contribution is 2.24. The molecule has 1 amide bonds. The highest BCUT2D eigenvalue weighted by atomic mass is 16.2. The van der Waals surface area contributed by atoms with Gasteiger partial charge in [0, 0.05) is 19.6 Å². The number of nitrogens with zero attached hydrogens (tertiary/aromatic N) is 1. The fourth-order valence-electron chi connectivity index (χ4n) is 3.09. The number of hydrogen-bond acceptors (Lipinski definition) is 2.